The number of benzene rings is 1. The molecule has 1 N–H and O–H groups in total. The summed E-state index contributed by atoms with van der Waals surface area (Å²) in [5, 5.41) is 3.01. The molecule has 2 aromatic rings. The van der Waals surface area contributed by atoms with E-state index in [1.54, 1.807) is 25.4 Å². The number of nitrogens with zero attached hydrogens (tertiary/aromatic N) is 1. The van der Waals surface area contributed by atoms with Gasteiger partial charge in [0.05, 0.1) is 18.6 Å². The number of anilines is 1. The van der Waals surface area contributed by atoms with Gasteiger partial charge in [0.2, 0.25) is 5.91 Å². The summed E-state index contributed by atoms with van der Waals surface area (Å²) in [6.45, 7) is 0. The van der Waals surface area contributed by atoms with Crippen molar-refractivity contribution in [2.24, 2.45) is 0 Å². The maximum Gasteiger partial charge on any atom is 0.234 e. The highest BCUT2D eigenvalue weighted by Gasteiger charge is 2.07. The Labute approximate surface area is 126 Å². The number of thioether (sulfide) groups is 1. The number of nitrogens with one attached hydrogen (secondary N) is 1. The van der Waals surface area contributed by atoms with Gasteiger partial charge >= 0.3 is 0 Å². The summed E-state index contributed by atoms with van der Waals surface area (Å²) in [5.41, 5.74) is 0.519. The molecule has 0 spiro atoms. The minimum absolute atomic E-state index is 0.132. The van der Waals surface area contributed by atoms with E-state index < -0.39 is 0 Å². The van der Waals surface area contributed by atoms with E-state index in [4.69, 9.17) is 16.3 Å². The largest absolute Gasteiger partial charge is 0.497 e. The normalized spacial score (nSPS) is 10.1. The Balaban J connectivity index is 1.90. The first-order chi connectivity index (χ1) is 9.69. The van der Waals surface area contributed by atoms with Crippen molar-refractivity contribution in [2.75, 3.05) is 18.2 Å². The molecule has 1 aromatic carbocycles. The van der Waals surface area contributed by atoms with Crippen molar-refractivity contribution in [3.05, 3.63) is 47.7 Å². The van der Waals surface area contributed by atoms with Crippen LogP contribution in [0.1, 0.15) is 0 Å². The third kappa shape index (κ3) is 4.15. The number of carbonyl (C=O) groups excluding carboxylic acids is 1. The van der Waals surface area contributed by atoms with Crippen LogP contribution in [-0.2, 0) is 4.79 Å². The molecule has 0 bridgehead atoms. The molecule has 0 aliphatic carbocycles. The van der Waals surface area contributed by atoms with E-state index in [0.717, 1.165) is 10.6 Å². The number of methoxy groups -OCH3 is 1. The second kappa shape index (κ2) is 7.17. The monoisotopic (exact) mass is 308 g/mol. The second-order valence-corrected chi connectivity index (χ2v) is 5.26. The van der Waals surface area contributed by atoms with Gasteiger partial charge in [-0.05, 0) is 30.3 Å². The Bertz CT molecular complexity index is 607. The van der Waals surface area contributed by atoms with Crippen molar-refractivity contribution in [3.63, 3.8) is 0 Å². The fraction of sp³-hybridized carbons (Fsp3) is 0.143. The predicted molar refractivity (Wildman–Crippen MR) is 81.6 cm³/mol. The minimum atomic E-state index is -0.132. The average molecular weight is 309 g/mol. The SMILES string of the molecule is COc1cccc(SCC(=O)Nc2cccnc2Cl)c1. The number of carbonyl (C=O) groups is 1. The molecule has 1 amide bonds. The van der Waals surface area contributed by atoms with Gasteiger partial charge in [-0.3, -0.25) is 4.79 Å². The van der Waals surface area contributed by atoms with E-state index in [1.807, 2.05) is 24.3 Å². The quantitative estimate of drug-likeness (QED) is 0.679. The van der Waals surface area contributed by atoms with Gasteiger partial charge < -0.3 is 10.1 Å². The molecule has 0 saturated heterocycles. The van der Waals surface area contributed by atoms with Crippen LogP contribution < -0.4 is 10.1 Å². The first-order valence-electron chi connectivity index (χ1n) is 5.86. The van der Waals surface area contributed by atoms with Gasteiger partial charge in [-0.15, -0.1) is 11.8 Å². The Morgan fingerprint density at radius 3 is 3.00 bits per heavy atom. The number of rotatable bonds is 5. The minimum Gasteiger partial charge on any atom is -0.497 e. The zero-order chi connectivity index (χ0) is 14.4. The first-order valence-corrected chi connectivity index (χ1v) is 7.22. The third-order valence-corrected chi connectivity index (χ3v) is 3.74. The van der Waals surface area contributed by atoms with Gasteiger partial charge in [0, 0.05) is 11.1 Å². The number of ether oxygens (including phenoxy) is 1. The average Bonchev–Trinajstić information content (AvgIpc) is 2.48. The maximum absolute atomic E-state index is 11.8. The topological polar surface area (TPSA) is 51.2 Å². The molecule has 0 atom stereocenters. The molecule has 1 aromatic heterocycles. The van der Waals surface area contributed by atoms with Crippen LogP contribution in [0.25, 0.3) is 0 Å². The van der Waals surface area contributed by atoms with Crippen LogP contribution in [0.4, 0.5) is 5.69 Å². The number of pyridine rings is 1. The molecule has 20 heavy (non-hydrogen) atoms. The Hall–Kier alpha value is -1.72. The molecule has 0 aliphatic heterocycles. The van der Waals surface area contributed by atoms with Crippen LogP contribution in [0.15, 0.2) is 47.5 Å². The highest BCUT2D eigenvalue weighted by Crippen LogP contribution is 2.23. The second-order valence-electron chi connectivity index (χ2n) is 3.86. The zero-order valence-corrected chi connectivity index (χ0v) is 12.4. The molecule has 6 heteroatoms. The molecule has 0 radical (unpaired) electrons. The number of amides is 1. The summed E-state index contributed by atoms with van der Waals surface area (Å²) in [6, 6.07) is 11.0. The van der Waals surface area contributed by atoms with Crippen molar-refractivity contribution in [3.8, 4) is 5.75 Å². The number of halogens is 1. The molecule has 0 aliphatic rings. The third-order valence-electron chi connectivity index (χ3n) is 2.44. The zero-order valence-electron chi connectivity index (χ0n) is 10.8. The van der Waals surface area contributed by atoms with Gasteiger partial charge in [-0.2, -0.15) is 0 Å². The van der Waals surface area contributed by atoms with Gasteiger partial charge in [0.25, 0.3) is 0 Å². The molecule has 0 saturated carbocycles. The lowest BCUT2D eigenvalue weighted by Gasteiger charge is -2.07. The smallest absolute Gasteiger partial charge is 0.234 e. The summed E-state index contributed by atoms with van der Waals surface area (Å²) in [7, 11) is 1.61. The highest BCUT2D eigenvalue weighted by atomic mass is 35.5. The lowest BCUT2D eigenvalue weighted by Crippen LogP contribution is -2.14. The molecular weight excluding hydrogens is 296 g/mol. The lowest BCUT2D eigenvalue weighted by atomic mass is 10.3. The molecule has 0 fully saturated rings. The van der Waals surface area contributed by atoms with Crippen molar-refractivity contribution in [1.82, 2.24) is 4.98 Å². The predicted octanol–water partition coefficient (Wildman–Crippen LogP) is 3.47. The summed E-state index contributed by atoms with van der Waals surface area (Å²) in [5.74, 6) is 0.928. The fourth-order valence-corrected chi connectivity index (χ4v) is 2.42. The van der Waals surface area contributed by atoms with E-state index >= 15 is 0 Å². The van der Waals surface area contributed by atoms with Crippen molar-refractivity contribution in [2.45, 2.75) is 4.90 Å². The summed E-state index contributed by atoms with van der Waals surface area (Å²) in [4.78, 5) is 16.7. The van der Waals surface area contributed by atoms with E-state index in [-0.39, 0.29) is 11.1 Å². The standard InChI is InChI=1S/C14H13ClN2O2S/c1-19-10-4-2-5-11(8-10)20-9-13(18)17-12-6-3-7-16-14(12)15/h2-8H,9H2,1H3,(H,17,18). The van der Waals surface area contributed by atoms with E-state index in [2.05, 4.69) is 10.3 Å². The van der Waals surface area contributed by atoms with Crippen LogP contribution in [0, 0.1) is 0 Å². The number of hydrogen-bond donors (Lipinski definition) is 1. The summed E-state index contributed by atoms with van der Waals surface area (Å²) in [6.07, 6.45) is 1.57. The van der Waals surface area contributed by atoms with E-state index in [9.17, 15) is 4.79 Å². The van der Waals surface area contributed by atoms with Crippen molar-refractivity contribution in [1.29, 1.82) is 0 Å². The van der Waals surface area contributed by atoms with Gasteiger partial charge in [0.1, 0.15) is 5.75 Å². The molecule has 0 unspecified atom stereocenters. The van der Waals surface area contributed by atoms with Gasteiger partial charge in [0.15, 0.2) is 5.15 Å². The lowest BCUT2D eigenvalue weighted by molar-refractivity contribution is -0.113. The van der Waals surface area contributed by atoms with E-state index in [1.165, 1.54) is 11.8 Å². The maximum atomic E-state index is 11.8. The fourth-order valence-electron chi connectivity index (χ4n) is 1.51. The molecule has 104 valence electrons. The van der Waals surface area contributed by atoms with Crippen LogP contribution in [-0.4, -0.2) is 23.8 Å². The molecule has 4 nitrogen and oxygen atoms in total. The first kappa shape index (κ1) is 14.7. The number of hydrogen-bond acceptors (Lipinski definition) is 4. The Morgan fingerprint density at radius 1 is 1.40 bits per heavy atom. The van der Waals surface area contributed by atoms with Crippen LogP contribution >= 0.6 is 23.4 Å². The summed E-state index contributed by atoms with van der Waals surface area (Å²) < 4.78 is 5.13. The molecular formula is C14H13ClN2O2S. The van der Waals surface area contributed by atoms with Crippen LogP contribution in [0.5, 0.6) is 5.75 Å². The van der Waals surface area contributed by atoms with E-state index in [0.29, 0.717) is 11.4 Å². The van der Waals surface area contributed by atoms with Gasteiger partial charge in [-0.1, -0.05) is 17.7 Å². The van der Waals surface area contributed by atoms with Crippen LogP contribution in [0.2, 0.25) is 5.15 Å². The van der Waals surface area contributed by atoms with Gasteiger partial charge in [-0.25, -0.2) is 4.98 Å². The molecule has 2 rings (SSSR count). The Morgan fingerprint density at radius 2 is 2.25 bits per heavy atom. The van der Waals surface area contributed by atoms with Crippen molar-refractivity contribution < 1.29 is 9.53 Å². The molecule has 1 heterocycles. The van der Waals surface area contributed by atoms with Crippen molar-refractivity contribution >= 4 is 35.0 Å². The summed E-state index contributed by atoms with van der Waals surface area (Å²) >= 11 is 7.30. The number of aromatic nitrogens is 1. The highest BCUT2D eigenvalue weighted by molar-refractivity contribution is 8.00. The van der Waals surface area contributed by atoms with Crippen LogP contribution in [0.3, 0.4) is 0 Å². The Kier molecular flexibility index (Phi) is 5.26.